The Kier molecular flexibility index (Phi) is 3.91. The summed E-state index contributed by atoms with van der Waals surface area (Å²) in [6.07, 6.45) is 0.817. The second kappa shape index (κ2) is 4.82. The summed E-state index contributed by atoms with van der Waals surface area (Å²) in [5, 5.41) is 0. The molecule has 1 aliphatic heterocycles. The largest absolute Gasteiger partial charge is 0.385 e. The van der Waals surface area contributed by atoms with Gasteiger partial charge in [-0.15, -0.1) is 0 Å². The third-order valence-corrected chi connectivity index (χ3v) is 2.53. The molecule has 0 saturated carbocycles. The van der Waals surface area contributed by atoms with E-state index >= 15 is 0 Å². The van der Waals surface area contributed by atoms with E-state index in [2.05, 4.69) is 25.8 Å². The second-order valence-corrected chi connectivity index (χ2v) is 5.29. The first-order valence-electron chi connectivity index (χ1n) is 5.49. The number of urea groups is 1. The standard InChI is InChI=1S/C11H21N3O2/c1-11(2,3)7-8-9(12)13-10(15)14(8)5-6-16-4/h8H,5-7H2,1-4H3,(H2,12,13,15). The molecule has 0 spiro atoms. The van der Waals surface area contributed by atoms with Crippen molar-refractivity contribution in [3.63, 3.8) is 0 Å². The Bertz CT molecular complexity index is 294. The number of methoxy groups -OCH3 is 1. The number of amidine groups is 1. The molecule has 0 bridgehead atoms. The number of nitrogens with zero attached hydrogens (tertiary/aromatic N) is 2. The summed E-state index contributed by atoms with van der Waals surface area (Å²) in [4.78, 5) is 17.1. The van der Waals surface area contributed by atoms with Gasteiger partial charge in [0, 0.05) is 13.7 Å². The molecule has 0 fully saturated rings. The molecule has 1 heterocycles. The van der Waals surface area contributed by atoms with Crippen LogP contribution in [-0.2, 0) is 4.74 Å². The Morgan fingerprint density at radius 3 is 2.62 bits per heavy atom. The van der Waals surface area contributed by atoms with Crippen molar-refractivity contribution in [2.45, 2.75) is 33.2 Å². The highest BCUT2D eigenvalue weighted by Gasteiger charge is 2.35. The first-order valence-corrected chi connectivity index (χ1v) is 5.49. The number of hydrogen-bond acceptors (Lipinski definition) is 3. The Labute approximate surface area is 96.7 Å². The van der Waals surface area contributed by atoms with Crippen molar-refractivity contribution in [2.24, 2.45) is 16.1 Å². The molecule has 0 aromatic rings. The lowest BCUT2D eigenvalue weighted by Gasteiger charge is -2.29. The molecule has 1 atom stereocenters. The maximum Gasteiger partial charge on any atom is 0.345 e. The molecule has 0 aliphatic carbocycles. The summed E-state index contributed by atoms with van der Waals surface area (Å²) >= 11 is 0. The molecule has 0 aromatic heterocycles. The Morgan fingerprint density at radius 1 is 1.50 bits per heavy atom. The van der Waals surface area contributed by atoms with Gasteiger partial charge in [-0.25, -0.2) is 4.79 Å². The molecular formula is C11H21N3O2. The van der Waals surface area contributed by atoms with Crippen molar-refractivity contribution < 1.29 is 9.53 Å². The quantitative estimate of drug-likeness (QED) is 0.785. The molecule has 1 rings (SSSR count). The highest BCUT2D eigenvalue weighted by molar-refractivity contribution is 6.02. The third kappa shape index (κ3) is 3.20. The molecule has 0 saturated heterocycles. The van der Waals surface area contributed by atoms with E-state index in [1.165, 1.54) is 0 Å². The van der Waals surface area contributed by atoms with Gasteiger partial charge >= 0.3 is 6.03 Å². The Balaban J connectivity index is 2.70. The third-order valence-electron chi connectivity index (χ3n) is 2.53. The van der Waals surface area contributed by atoms with Crippen LogP contribution < -0.4 is 5.73 Å². The molecular weight excluding hydrogens is 206 g/mol. The van der Waals surface area contributed by atoms with Gasteiger partial charge in [0.1, 0.15) is 5.84 Å². The molecule has 0 aromatic carbocycles. The summed E-state index contributed by atoms with van der Waals surface area (Å²) in [6, 6.07) is -0.327. The van der Waals surface area contributed by atoms with Crippen LogP contribution >= 0.6 is 0 Å². The lowest BCUT2D eigenvalue weighted by molar-refractivity contribution is 0.141. The zero-order valence-corrected chi connectivity index (χ0v) is 10.5. The maximum absolute atomic E-state index is 11.6. The number of rotatable bonds is 4. The van der Waals surface area contributed by atoms with Gasteiger partial charge in [-0.1, -0.05) is 20.8 Å². The van der Waals surface area contributed by atoms with Crippen molar-refractivity contribution in [3.8, 4) is 0 Å². The average Bonchev–Trinajstić information content (AvgIpc) is 2.37. The molecule has 1 unspecified atom stereocenters. The van der Waals surface area contributed by atoms with Crippen LogP contribution in [0.25, 0.3) is 0 Å². The minimum Gasteiger partial charge on any atom is -0.385 e. The maximum atomic E-state index is 11.6. The topological polar surface area (TPSA) is 67.9 Å². The number of ether oxygens (including phenoxy) is 1. The van der Waals surface area contributed by atoms with Crippen molar-refractivity contribution in [1.29, 1.82) is 0 Å². The highest BCUT2D eigenvalue weighted by atomic mass is 16.5. The molecule has 2 N–H and O–H groups in total. The Morgan fingerprint density at radius 2 is 2.12 bits per heavy atom. The fraction of sp³-hybridized carbons (Fsp3) is 0.818. The smallest absolute Gasteiger partial charge is 0.345 e. The normalized spacial score (nSPS) is 21.5. The summed E-state index contributed by atoms with van der Waals surface area (Å²) < 4.78 is 4.98. The van der Waals surface area contributed by atoms with Crippen LogP contribution in [0.15, 0.2) is 4.99 Å². The van der Waals surface area contributed by atoms with Crippen LogP contribution in [-0.4, -0.2) is 43.1 Å². The van der Waals surface area contributed by atoms with Gasteiger partial charge in [-0.3, -0.25) is 0 Å². The van der Waals surface area contributed by atoms with Gasteiger partial charge < -0.3 is 15.4 Å². The molecule has 0 radical (unpaired) electrons. The summed E-state index contributed by atoms with van der Waals surface area (Å²) in [7, 11) is 1.61. The van der Waals surface area contributed by atoms with Crippen molar-refractivity contribution in [3.05, 3.63) is 0 Å². The first-order chi connectivity index (χ1) is 7.35. The fourth-order valence-electron chi connectivity index (χ4n) is 1.78. The number of aliphatic imine (C=N–C) groups is 1. The lowest BCUT2D eigenvalue weighted by atomic mass is 9.87. The van der Waals surface area contributed by atoms with E-state index in [0.29, 0.717) is 19.0 Å². The number of nitrogens with two attached hydrogens (primary N) is 1. The highest BCUT2D eigenvalue weighted by Crippen LogP contribution is 2.26. The van der Waals surface area contributed by atoms with E-state index in [1.54, 1.807) is 12.0 Å². The summed E-state index contributed by atoms with van der Waals surface area (Å²) in [6.45, 7) is 7.42. The number of hydrogen-bond donors (Lipinski definition) is 1. The van der Waals surface area contributed by atoms with Crippen LogP contribution in [0.1, 0.15) is 27.2 Å². The summed E-state index contributed by atoms with van der Waals surface area (Å²) in [5.74, 6) is 0.427. The molecule has 5 nitrogen and oxygen atoms in total. The number of carbonyl (C=O) groups is 1. The van der Waals surface area contributed by atoms with Gasteiger partial charge in [0.05, 0.1) is 12.6 Å². The van der Waals surface area contributed by atoms with Crippen LogP contribution in [0.2, 0.25) is 0 Å². The fourth-order valence-corrected chi connectivity index (χ4v) is 1.78. The van der Waals surface area contributed by atoms with E-state index in [0.717, 1.165) is 6.42 Å². The predicted molar refractivity (Wildman–Crippen MR) is 63.5 cm³/mol. The lowest BCUT2D eigenvalue weighted by Crippen LogP contribution is -2.44. The molecule has 92 valence electrons. The van der Waals surface area contributed by atoms with Crippen molar-refractivity contribution in [1.82, 2.24) is 4.90 Å². The van der Waals surface area contributed by atoms with Crippen LogP contribution in [0.5, 0.6) is 0 Å². The van der Waals surface area contributed by atoms with Crippen LogP contribution in [0.3, 0.4) is 0 Å². The SMILES string of the molecule is COCCN1C(=O)N=C(N)C1CC(C)(C)C. The van der Waals surface area contributed by atoms with E-state index in [9.17, 15) is 4.79 Å². The zero-order valence-electron chi connectivity index (χ0n) is 10.5. The molecule has 2 amide bonds. The zero-order chi connectivity index (χ0) is 12.3. The number of amides is 2. The van der Waals surface area contributed by atoms with E-state index in [4.69, 9.17) is 10.5 Å². The Hall–Kier alpha value is -1.10. The second-order valence-electron chi connectivity index (χ2n) is 5.29. The van der Waals surface area contributed by atoms with Crippen LogP contribution in [0.4, 0.5) is 4.79 Å². The van der Waals surface area contributed by atoms with E-state index in [-0.39, 0.29) is 17.5 Å². The monoisotopic (exact) mass is 227 g/mol. The number of carbonyl (C=O) groups excluding carboxylic acids is 1. The van der Waals surface area contributed by atoms with Crippen molar-refractivity contribution >= 4 is 11.9 Å². The van der Waals surface area contributed by atoms with Gasteiger partial charge in [-0.05, 0) is 11.8 Å². The van der Waals surface area contributed by atoms with Crippen LogP contribution in [0, 0.1) is 5.41 Å². The van der Waals surface area contributed by atoms with Gasteiger partial charge in [-0.2, -0.15) is 4.99 Å². The van der Waals surface area contributed by atoms with E-state index < -0.39 is 0 Å². The molecule has 16 heavy (non-hydrogen) atoms. The average molecular weight is 227 g/mol. The van der Waals surface area contributed by atoms with Gasteiger partial charge in [0.15, 0.2) is 0 Å². The van der Waals surface area contributed by atoms with Gasteiger partial charge in [0.2, 0.25) is 0 Å². The van der Waals surface area contributed by atoms with Gasteiger partial charge in [0.25, 0.3) is 0 Å². The minimum atomic E-state index is -0.246. The van der Waals surface area contributed by atoms with E-state index in [1.807, 2.05) is 0 Å². The summed E-state index contributed by atoms with van der Waals surface area (Å²) in [5.41, 5.74) is 5.90. The van der Waals surface area contributed by atoms with Crippen molar-refractivity contribution in [2.75, 3.05) is 20.3 Å². The first kappa shape index (κ1) is 13.0. The molecule has 1 aliphatic rings. The molecule has 5 heteroatoms. The minimum absolute atomic E-state index is 0.0809. The predicted octanol–water partition coefficient (Wildman–Crippen LogP) is 1.23.